The minimum Gasteiger partial charge on any atom is -0.468 e. The Morgan fingerprint density at radius 3 is 1.73 bits per heavy atom. The van der Waals surface area contributed by atoms with Crippen molar-refractivity contribution in [2.24, 2.45) is 10.8 Å². The Bertz CT molecular complexity index is 278. The fourth-order valence-corrected chi connectivity index (χ4v) is 3.02. The van der Waals surface area contributed by atoms with Crippen LogP contribution < -0.4 is 0 Å². The summed E-state index contributed by atoms with van der Waals surface area (Å²) in [6.45, 7) is 0. The van der Waals surface area contributed by atoms with Crippen molar-refractivity contribution < 1.29 is 19.1 Å². The molecule has 4 nitrogen and oxygen atoms in total. The van der Waals surface area contributed by atoms with Crippen LogP contribution in [0.1, 0.15) is 32.1 Å². The second kappa shape index (κ2) is 3.22. The highest BCUT2D eigenvalue weighted by Crippen LogP contribution is 2.65. The van der Waals surface area contributed by atoms with Gasteiger partial charge in [0.15, 0.2) is 5.41 Å². The van der Waals surface area contributed by atoms with Gasteiger partial charge in [0.2, 0.25) is 0 Å². The van der Waals surface area contributed by atoms with E-state index in [0.29, 0.717) is 12.8 Å². The summed E-state index contributed by atoms with van der Waals surface area (Å²) in [5, 5.41) is 0. The molecule has 1 spiro atoms. The van der Waals surface area contributed by atoms with Crippen molar-refractivity contribution in [1.82, 2.24) is 0 Å². The van der Waals surface area contributed by atoms with E-state index in [9.17, 15) is 9.59 Å². The molecule has 0 saturated heterocycles. The number of ether oxygens (including phenoxy) is 2. The zero-order valence-electron chi connectivity index (χ0n) is 9.17. The molecule has 0 aromatic carbocycles. The highest BCUT2D eigenvalue weighted by atomic mass is 16.5. The fourth-order valence-electron chi connectivity index (χ4n) is 3.02. The van der Waals surface area contributed by atoms with Crippen molar-refractivity contribution in [2.45, 2.75) is 32.1 Å². The van der Waals surface area contributed by atoms with Crippen LogP contribution in [0.25, 0.3) is 0 Å². The molecule has 2 aliphatic carbocycles. The Balaban J connectivity index is 2.13. The van der Waals surface area contributed by atoms with E-state index < -0.39 is 17.4 Å². The summed E-state index contributed by atoms with van der Waals surface area (Å²) in [5.74, 6) is -0.876. The molecule has 2 saturated carbocycles. The molecule has 2 rings (SSSR count). The van der Waals surface area contributed by atoms with Crippen LogP contribution in [0.3, 0.4) is 0 Å². The van der Waals surface area contributed by atoms with Crippen LogP contribution >= 0.6 is 0 Å². The number of hydrogen-bond acceptors (Lipinski definition) is 4. The predicted octanol–water partition coefficient (Wildman–Crippen LogP) is 1.28. The lowest BCUT2D eigenvalue weighted by molar-refractivity contribution is -0.195. The average Bonchev–Trinajstić information content (AvgIpc) is 2.13. The SMILES string of the molecule is COC(=O)C1(C(=O)OC)CC2(CCC2)C1. The summed E-state index contributed by atoms with van der Waals surface area (Å²) in [4.78, 5) is 23.2. The Labute approximate surface area is 88.9 Å². The molecule has 84 valence electrons. The van der Waals surface area contributed by atoms with Crippen LogP contribution in [0.5, 0.6) is 0 Å². The Morgan fingerprint density at radius 2 is 1.47 bits per heavy atom. The molecule has 15 heavy (non-hydrogen) atoms. The molecule has 0 bridgehead atoms. The number of carbonyl (C=O) groups is 2. The van der Waals surface area contributed by atoms with Gasteiger partial charge in [-0.2, -0.15) is 0 Å². The van der Waals surface area contributed by atoms with Crippen molar-refractivity contribution >= 4 is 11.9 Å². The average molecular weight is 212 g/mol. The van der Waals surface area contributed by atoms with E-state index >= 15 is 0 Å². The number of rotatable bonds is 2. The van der Waals surface area contributed by atoms with Gasteiger partial charge in [-0.25, -0.2) is 0 Å². The lowest BCUT2D eigenvalue weighted by Gasteiger charge is -2.57. The third-order valence-electron chi connectivity index (χ3n) is 3.92. The molecular formula is C11H16O4. The summed E-state index contributed by atoms with van der Waals surface area (Å²) in [5.41, 5.74) is -0.758. The molecule has 0 heterocycles. The van der Waals surface area contributed by atoms with Crippen LogP contribution in [0.15, 0.2) is 0 Å². The lowest BCUT2D eigenvalue weighted by atomic mass is 9.45. The zero-order chi connectivity index (χ0) is 11.1. The van der Waals surface area contributed by atoms with Crippen molar-refractivity contribution in [3.63, 3.8) is 0 Å². The maximum Gasteiger partial charge on any atom is 0.323 e. The Hall–Kier alpha value is -1.06. The number of carbonyl (C=O) groups excluding carboxylic acids is 2. The van der Waals surface area contributed by atoms with Crippen molar-refractivity contribution in [3.8, 4) is 0 Å². The molecule has 0 aromatic rings. The third-order valence-corrected chi connectivity index (χ3v) is 3.92. The topological polar surface area (TPSA) is 52.6 Å². The van der Waals surface area contributed by atoms with E-state index in [1.807, 2.05) is 0 Å². The summed E-state index contributed by atoms with van der Waals surface area (Å²) < 4.78 is 9.41. The molecule has 0 unspecified atom stereocenters. The van der Waals surface area contributed by atoms with E-state index in [1.165, 1.54) is 20.6 Å². The van der Waals surface area contributed by atoms with Crippen LogP contribution in [-0.2, 0) is 19.1 Å². The minimum atomic E-state index is -0.996. The molecule has 0 atom stereocenters. The molecule has 0 aliphatic heterocycles. The molecule has 2 aliphatic rings. The van der Waals surface area contributed by atoms with E-state index in [4.69, 9.17) is 9.47 Å². The van der Waals surface area contributed by atoms with Crippen LogP contribution in [-0.4, -0.2) is 26.2 Å². The molecule has 4 heteroatoms. The van der Waals surface area contributed by atoms with Crippen LogP contribution in [0.4, 0.5) is 0 Å². The maximum absolute atomic E-state index is 11.6. The zero-order valence-corrected chi connectivity index (χ0v) is 9.17. The van der Waals surface area contributed by atoms with Crippen LogP contribution in [0.2, 0.25) is 0 Å². The molecule has 0 radical (unpaired) electrons. The first-order valence-corrected chi connectivity index (χ1v) is 5.25. The van der Waals surface area contributed by atoms with E-state index in [1.54, 1.807) is 0 Å². The van der Waals surface area contributed by atoms with Gasteiger partial charge in [0.1, 0.15) is 0 Å². The normalized spacial score (nSPS) is 24.9. The number of methoxy groups -OCH3 is 2. The van der Waals surface area contributed by atoms with Gasteiger partial charge in [0, 0.05) is 0 Å². The van der Waals surface area contributed by atoms with Gasteiger partial charge in [-0.05, 0) is 31.1 Å². The summed E-state index contributed by atoms with van der Waals surface area (Å²) in [6.07, 6.45) is 4.68. The third kappa shape index (κ3) is 1.27. The summed E-state index contributed by atoms with van der Waals surface area (Å²) in [6, 6.07) is 0. The lowest BCUT2D eigenvalue weighted by Crippen LogP contribution is -2.59. The fraction of sp³-hybridized carbons (Fsp3) is 0.818. The number of esters is 2. The standard InChI is InChI=1S/C11H16O4/c1-14-8(12)11(9(13)15-2)6-10(7-11)4-3-5-10/h3-7H2,1-2H3. The van der Waals surface area contributed by atoms with Gasteiger partial charge in [-0.1, -0.05) is 6.42 Å². The highest BCUT2D eigenvalue weighted by molar-refractivity contribution is 6.01. The van der Waals surface area contributed by atoms with E-state index in [0.717, 1.165) is 12.8 Å². The quantitative estimate of drug-likeness (QED) is 0.511. The largest absolute Gasteiger partial charge is 0.468 e. The van der Waals surface area contributed by atoms with Crippen molar-refractivity contribution in [2.75, 3.05) is 14.2 Å². The molecule has 0 aromatic heterocycles. The molecular weight excluding hydrogens is 196 g/mol. The van der Waals surface area contributed by atoms with Crippen LogP contribution in [0, 0.1) is 10.8 Å². The predicted molar refractivity (Wildman–Crippen MR) is 52.0 cm³/mol. The number of hydrogen-bond donors (Lipinski definition) is 0. The van der Waals surface area contributed by atoms with Gasteiger partial charge >= 0.3 is 11.9 Å². The smallest absolute Gasteiger partial charge is 0.323 e. The first-order valence-electron chi connectivity index (χ1n) is 5.25. The first-order chi connectivity index (χ1) is 7.08. The molecule has 2 fully saturated rings. The van der Waals surface area contributed by atoms with Gasteiger partial charge in [0.25, 0.3) is 0 Å². The monoisotopic (exact) mass is 212 g/mol. The second-order valence-corrected chi connectivity index (χ2v) is 4.77. The summed E-state index contributed by atoms with van der Waals surface area (Å²) >= 11 is 0. The van der Waals surface area contributed by atoms with Gasteiger partial charge < -0.3 is 9.47 Å². The molecule has 0 amide bonds. The first kappa shape index (κ1) is 10.5. The summed E-state index contributed by atoms with van der Waals surface area (Å²) in [7, 11) is 2.64. The molecule has 0 N–H and O–H groups in total. The van der Waals surface area contributed by atoms with Gasteiger partial charge in [-0.3, -0.25) is 9.59 Å². The highest BCUT2D eigenvalue weighted by Gasteiger charge is 2.66. The maximum atomic E-state index is 11.6. The van der Waals surface area contributed by atoms with Crippen molar-refractivity contribution in [1.29, 1.82) is 0 Å². The van der Waals surface area contributed by atoms with Crippen molar-refractivity contribution in [3.05, 3.63) is 0 Å². The Kier molecular flexibility index (Phi) is 2.24. The second-order valence-electron chi connectivity index (χ2n) is 4.77. The minimum absolute atomic E-state index is 0.238. The van der Waals surface area contributed by atoms with E-state index in [2.05, 4.69) is 0 Å². The van der Waals surface area contributed by atoms with Gasteiger partial charge in [-0.15, -0.1) is 0 Å². The van der Waals surface area contributed by atoms with E-state index in [-0.39, 0.29) is 5.41 Å². The van der Waals surface area contributed by atoms with Gasteiger partial charge in [0.05, 0.1) is 14.2 Å². The Morgan fingerprint density at radius 1 is 1.00 bits per heavy atom.